The molecule has 1 N–H and O–H groups in total. The summed E-state index contributed by atoms with van der Waals surface area (Å²) < 4.78 is 0. The van der Waals surface area contributed by atoms with Crippen molar-refractivity contribution in [3.63, 3.8) is 0 Å². The molecule has 1 aliphatic rings. The van der Waals surface area contributed by atoms with E-state index in [1.807, 2.05) is 12.1 Å². The number of benzene rings is 1. The molecule has 0 amide bonds. The minimum Gasteiger partial charge on any atom is -0.307 e. The lowest BCUT2D eigenvalue weighted by Gasteiger charge is -2.28. The van der Waals surface area contributed by atoms with Crippen LogP contribution < -0.4 is 5.32 Å². The molecular weight excluding hydrogens is 266 g/mol. The Morgan fingerprint density at radius 1 is 1.05 bits per heavy atom. The smallest absolute Gasteiger partial charge is 0.0406 e. The van der Waals surface area contributed by atoms with Crippen LogP contribution in [0, 0.1) is 11.8 Å². The number of nitrogens with one attached hydrogen (secondary N) is 1. The standard InChI is InChI=1S/C18H28ClN/c1-13(2)18(15-8-10-16(19)11-9-15)20-17-6-4-5-14(3)7-12-17/h8-11,13-14,17-18,20H,4-7,12H2,1-3H3. The van der Waals surface area contributed by atoms with Crippen molar-refractivity contribution >= 4 is 11.6 Å². The van der Waals surface area contributed by atoms with Gasteiger partial charge in [-0.15, -0.1) is 0 Å². The lowest BCUT2D eigenvalue weighted by atomic mass is 9.94. The number of hydrogen-bond acceptors (Lipinski definition) is 1. The van der Waals surface area contributed by atoms with Gasteiger partial charge in [0.2, 0.25) is 0 Å². The Labute approximate surface area is 129 Å². The topological polar surface area (TPSA) is 12.0 Å². The van der Waals surface area contributed by atoms with E-state index >= 15 is 0 Å². The highest BCUT2D eigenvalue weighted by Gasteiger charge is 2.22. The molecule has 1 nitrogen and oxygen atoms in total. The summed E-state index contributed by atoms with van der Waals surface area (Å²) in [5.74, 6) is 1.49. The first-order valence-corrected chi connectivity index (χ1v) is 8.45. The molecule has 0 spiro atoms. The second-order valence-corrected chi connectivity index (χ2v) is 7.19. The highest BCUT2D eigenvalue weighted by atomic mass is 35.5. The average Bonchev–Trinajstić information content (AvgIpc) is 2.62. The zero-order chi connectivity index (χ0) is 14.5. The molecule has 20 heavy (non-hydrogen) atoms. The summed E-state index contributed by atoms with van der Waals surface area (Å²) in [4.78, 5) is 0. The van der Waals surface area contributed by atoms with Crippen molar-refractivity contribution in [2.24, 2.45) is 11.8 Å². The van der Waals surface area contributed by atoms with Crippen LogP contribution in [-0.4, -0.2) is 6.04 Å². The van der Waals surface area contributed by atoms with E-state index in [9.17, 15) is 0 Å². The fraction of sp³-hybridized carbons (Fsp3) is 0.667. The molecule has 0 radical (unpaired) electrons. The van der Waals surface area contributed by atoms with Crippen molar-refractivity contribution < 1.29 is 0 Å². The maximum absolute atomic E-state index is 6.01. The van der Waals surface area contributed by atoms with Gasteiger partial charge in [0.15, 0.2) is 0 Å². The summed E-state index contributed by atoms with van der Waals surface area (Å²) in [7, 11) is 0. The van der Waals surface area contributed by atoms with Gasteiger partial charge in [0.25, 0.3) is 0 Å². The van der Waals surface area contributed by atoms with Crippen LogP contribution in [0.1, 0.15) is 64.5 Å². The highest BCUT2D eigenvalue weighted by molar-refractivity contribution is 6.30. The molecule has 0 aliphatic heterocycles. The van der Waals surface area contributed by atoms with Crippen molar-refractivity contribution in [1.29, 1.82) is 0 Å². The maximum Gasteiger partial charge on any atom is 0.0406 e. The molecule has 1 fully saturated rings. The van der Waals surface area contributed by atoms with E-state index < -0.39 is 0 Å². The van der Waals surface area contributed by atoms with Crippen LogP contribution in [0.5, 0.6) is 0 Å². The average molecular weight is 294 g/mol. The first kappa shape index (κ1) is 15.9. The van der Waals surface area contributed by atoms with Crippen molar-refractivity contribution in [2.75, 3.05) is 0 Å². The predicted octanol–water partition coefficient (Wildman–Crippen LogP) is 5.60. The Bertz CT molecular complexity index is 398. The van der Waals surface area contributed by atoms with Crippen LogP contribution in [0.15, 0.2) is 24.3 Å². The fourth-order valence-electron chi connectivity index (χ4n) is 3.25. The van der Waals surface area contributed by atoms with Gasteiger partial charge in [-0.25, -0.2) is 0 Å². The van der Waals surface area contributed by atoms with Gasteiger partial charge in [-0.05, 0) is 48.8 Å². The Balaban J connectivity index is 2.03. The molecular formula is C18H28ClN. The first-order chi connectivity index (χ1) is 9.56. The van der Waals surface area contributed by atoms with Gasteiger partial charge in [-0.3, -0.25) is 0 Å². The van der Waals surface area contributed by atoms with Crippen LogP contribution >= 0.6 is 11.6 Å². The lowest BCUT2D eigenvalue weighted by molar-refractivity contribution is 0.335. The summed E-state index contributed by atoms with van der Waals surface area (Å²) in [6.45, 7) is 6.98. The quantitative estimate of drug-likeness (QED) is 0.713. The second-order valence-electron chi connectivity index (χ2n) is 6.75. The van der Waals surface area contributed by atoms with Crippen LogP contribution in [-0.2, 0) is 0 Å². The van der Waals surface area contributed by atoms with Crippen LogP contribution in [0.25, 0.3) is 0 Å². The van der Waals surface area contributed by atoms with Crippen molar-refractivity contribution in [3.8, 4) is 0 Å². The van der Waals surface area contributed by atoms with Crippen molar-refractivity contribution in [3.05, 3.63) is 34.9 Å². The summed E-state index contributed by atoms with van der Waals surface area (Å²) >= 11 is 6.01. The predicted molar refractivity (Wildman–Crippen MR) is 88.2 cm³/mol. The molecule has 0 saturated heterocycles. The molecule has 2 rings (SSSR count). The van der Waals surface area contributed by atoms with Crippen LogP contribution in [0.2, 0.25) is 5.02 Å². The third-order valence-electron chi connectivity index (χ3n) is 4.57. The van der Waals surface area contributed by atoms with E-state index in [1.54, 1.807) is 0 Å². The maximum atomic E-state index is 6.01. The van der Waals surface area contributed by atoms with Gasteiger partial charge in [0, 0.05) is 17.1 Å². The van der Waals surface area contributed by atoms with Crippen LogP contribution in [0.3, 0.4) is 0 Å². The van der Waals surface area contributed by atoms with Gasteiger partial charge in [-0.1, -0.05) is 57.3 Å². The zero-order valence-corrected chi connectivity index (χ0v) is 13.8. The molecule has 0 aromatic heterocycles. The lowest BCUT2D eigenvalue weighted by Crippen LogP contribution is -2.35. The number of hydrogen-bond donors (Lipinski definition) is 1. The summed E-state index contributed by atoms with van der Waals surface area (Å²) in [6.07, 6.45) is 6.76. The fourth-order valence-corrected chi connectivity index (χ4v) is 3.38. The van der Waals surface area contributed by atoms with Crippen molar-refractivity contribution in [2.45, 2.75) is 65.0 Å². The van der Waals surface area contributed by atoms with Gasteiger partial charge >= 0.3 is 0 Å². The molecule has 1 aliphatic carbocycles. The van der Waals surface area contributed by atoms with E-state index in [0.29, 0.717) is 18.0 Å². The van der Waals surface area contributed by atoms with E-state index in [2.05, 4.69) is 38.2 Å². The Kier molecular flexibility index (Phi) is 5.92. The molecule has 1 saturated carbocycles. The summed E-state index contributed by atoms with van der Waals surface area (Å²) in [5, 5.41) is 4.73. The SMILES string of the molecule is CC1CCCC(NC(c2ccc(Cl)cc2)C(C)C)CC1. The first-order valence-electron chi connectivity index (χ1n) is 8.07. The largest absolute Gasteiger partial charge is 0.307 e. The molecule has 0 heterocycles. The van der Waals surface area contributed by atoms with Crippen molar-refractivity contribution in [1.82, 2.24) is 5.32 Å². The monoisotopic (exact) mass is 293 g/mol. The van der Waals surface area contributed by atoms with E-state index in [4.69, 9.17) is 11.6 Å². The minimum atomic E-state index is 0.436. The summed E-state index contributed by atoms with van der Waals surface area (Å²) in [5.41, 5.74) is 1.36. The third-order valence-corrected chi connectivity index (χ3v) is 4.82. The minimum absolute atomic E-state index is 0.436. The number of rotatable bonds is 4. The Morgan fingerprint density at radius 3 is 2.40 bits per heavy atom. The molecule has 3 atom stereocenters. The third kappa shape index (κ3) is 4.49. The van der Waals surface area contributed by atoms with E-state index in [1.165, 1.54) is 37.7 Å². The van der Waals surface area contributed by atoms with Gasteiger partial charge in [0.1, 0.15) is 0 Å². The van der Waals surface area contributed by atoms with Gasteiger partial charge in [-0.2, -0.15) is 0 Å². The van der Waals surface area contributed by atoms with E-state index in [-0.39, 0.29) is 0 Å². The molecule has 112 valence electrons. The second kappa shape index (κ2) is 7.47. The number of halogens is 1. The summed E-state index contributed by atoms with van der Waals surface area (Å²) in [6, 6.07) is 9.44. The molecule has 3 unspecified atom stereocenters. The molecule has 1 aromatic carbocycles. The van der Waals surface area contributed by atoms with Gasteiger partial charge < -0.3 is 5.32 Å². The highest BCUT2D eigenvalue weighted by Crippen LogP contribution is 2.28. The Morgan fingerprint density at radius 2 is 1.75 bits per heavy atom. The van der Waals surface area contributed by atoms with E-state index in [0.717, 1.165) is 10.9 Å². The molecule has 1 aromatic rings. The van der Waals surface area contributed by atoms with Crippen LogP contribution in [0.4, 0.5) is 0 Å². The normalized spacial score (nSPS) is 25.4. The van der Waals surface area contributed by atoms with Gasteiger partial charge in [0.05, 0.1) is 0 Å². The Hall–Kier alpha value is -0.530. The zero-order valence-electron chi connectivity index (χ0n) is 13.0. The molecule has 0 bridgehead atoms. The molecule has 2 heteroatoms.